The van der Waals surface area contributed by atoms with Crippen molar-refractivity contribution in [1.82, 2.24) is 4.90 Å². The van der Waals surface area contributed by atoms with Crippen LogP contribution in [0.2, 0.25) is 0 Å². The smallest absolute Gasteiger partial charge is 0.00559 e. The molecule has 0 aromatic carbocycles. The largest absolute Gasteiger partial charge is 0.328 e. The molecule has 0 aliphatic heterocycles. The first kappa shape index (κ1) is 15.9. The van der Waals surface area contributed by atoms with Gasteiger partial charge in [-0.25, -0.2) is 0 Å². The van der Waals surface area contributed by atoms with Crippen LogP contribution in [0.15, 0.2) is 0 Å². The fraction of sp³-hybridized carbons (Fsp3) is 1.00. The summed E-state index contributed by atoms with van der Waals surface area (Å²) in [6.45, 7) is 15.9. The zero-order valence-corrected chi connectivity index (χ0v) is 12.2. The van der Waals surface area contributed by atoms with E-state index in [4.69, 9.17) is 5.73 Å². The third-order valence-electron chi connectivity index (χ3n) is 2.90. The summed E-state index contributed by atoms with van der Waals surface area (Å²) in [6, 6.07) is 0.986. The lowest BCUT2D eigenvalue weighted by atomic mass is 9.87. The fourth-order valence-corrected chi connectivity index (χ4v) is 2.14. The molecule has 1 atom stereocenters. The van der Waals surface area contributed by atoms with Gasteiger partial charge < -0.3 is 10.6 Å². The molecule has 2 heteroatoms. The minimum absolute atomic E-state index is 0.345. The Bertz CT molecular complexity index is 170. The molecule has 0 radical (unpaired) electrons. The molecular formula is C14H32N2. The van der Waals surface area contributed by atoms with E-state index in [9.17, 15) is 0 Å². The number of hydrogen-bond acceptors (Lipinski definition) is 2. The van der Waals surface area contributed by atoms with Gasteiger partial charge in [0.2, 0.25) is 0 Å². The van der Waals surface area contributed by atoms with Gasteiger partial charge in [0.1, 0.15) is 0 Å². The quantitative estimate of drug-likeness (QED) is 0.724. The Hall–Kier alpha value is -0.0800. The standard InChI is InChI=1S/C14H32N2/c1-7-9-16(12(2)3)10-8-13(15)11-14(4,5)6/h12-13H,7-11,15H2,1-6H3. The van der Waals surface area contributed by atoms with E-state index in [0.717, 1.165) is 19.4 Å². The average molecular weight is 228 g/mol. The molecule has 0 spiro atoms. The third kappa shape index (κ3) is 8.12. The van der Waals surface area contributed by atoms with Crippen molar-refractivity contribution in [2.75, 3.05) is 13.1 Å². The van der Waals surface area contributed by atoms with Crippen molar-refractivity contribution in [3.8, 4) is 0 Å². The van der Waals surface area contributed by atoms with Gasteiger partial charge in [0.25, 0.3) is 0 Å². The topological polar surface area (TPSA) is 29.3 Å². The van der Waals surface area contributed by atoms with Gasteiger partial charge in [0.05, 0.1) is 0 Å². The summed E-state index contributed by atoms with van der Waals surface area (Å²) in [6.07, 6.45) is 3.47. The summed E-state index contributed by atoms with van der Waals surface area (Å²) >= 11 is 0. The summed E-state index contributed by atoms with van der Waals surface area (Å²) in [4.78, 5) is 2.53. The van der Waals surface area contributed by atoms with E-state index in [1.54, 1.807) is 0 Å². The van der Waals surface area contributed by atoms with Crippen molar-refractivity contribution < 1.29 is 0 Å². The van der Waals surface area contributed by atoms with Gasteiger partial charge in [-0.05, 0) is 51.6 Å². The lowest BCUT2D eigenvalue weighted by Crippen LogP contribution is -2.37. The highest BCUT2D eigenvalue weighted by Crippen LogP contribution is 2.21. The Kier molecular flexibility index (Phi) is 7.25. The van der Waals surface area contributed by atoms with Gasteiger partial charge in [0, 0.05) is 12.1 Å². The molecule has 0 amide bonds. The summed E-state index contributed by atoms with van der Waals surface area (Å²) in [5.74, 6) is 0. The van der Waals surface area contributed by atoms with Crippen molar-refractivity contribution >= 4 is 0 Å². The highest BCUT2D eigenvalue weighted by Gasteiger charge is 2.17. The van der Waals surface area contributed by atoms with Gasteiger partial charge >= 0.3 is 0 Å². The van der Waals surface area contributed by atoms with Crippen LogP contribution < -0.4 is 5.73 Å². The predicted molar refractivity (Wildman–Crippen MR) is 73.7 cm³/mol. The van der Waals surface area contributed by atoms with Crippen LogP contribution >= 0.6 is 0 Å². The Morgan fingerprint density at radius 1 is 1.12 bits per heavy atom. The molecule has 0 rings (SSSR count). The zero-order chi connectivity index (χ0) is 12.8. The Labute approximate surface area is 103 Å². The minimum atomic E-state index is 0.345. The monoisotopic (exact) mass is 228 g/mol. The molecule has 0 aliphatic rings. The maximum Gasteiger partial charge on any atom is 0.00559 e. The summed E-state index contributed by atoms with van der Waals surface area (Å²) in [7, 11) is 0. The van der Waals surface area contributed by atoms with Gasteiger partial charge in [-0.2, -0.15) is 0 Å². The fourth-order valence-electron chi connectivity index (χ4n) is 2.14. The first-order valence-electron chi connectivity index (χ1n) is 6.76. The van der Waals surface area contributed by atoms with Crippen LogP contribution in [-0.2, 0) is 0 Å². The molecule has 0 saturated carbocycles. The highest BCUT2D eigenvalue weighted by molar-refractivity contribution is 4.73. The van der Waals surface area contributed by atoms with Crippen LogP contribution in [0.25, 0.3) is 0 Å². The molecular weight excluding hydrogens is 196 g/mol. The number of nitrogens with two attached hydrogens (primary N) is 1. The SMILES string of the molecule is CCCN(CCC(N)CC(C)(C)C)C(C)C. The van der Waals surface area contributed by atoms with Gasteiger partial charge in [-0.1, -0.05) is 27.7 Å². The van der Waals surface area contributed by atoms with Crippen LogP contribution in [0, 0.1) is 5.41 Å². The molecule has 0 heterocycles. The number of nitrogens with zero attached hydrogens (tertiary/aromatic N) is 1. The summed E-state index contributed by atoms with van der Waals surface area (Å²) in [5.41, 5.74) is 6.53. The summed E-state index contributed by atoms with van der Waals surface area (Å²) < 4.78 is 0. The van der Waals surface area contributed by atoms with Gasteiger partial charge in [0.15, 0.2) is 0 Å². The molecule has 0 aliphatic carbocycles. The Morgan fingerprint density at radius 2 is 1.69 bits per heavy atom. The first-order valence-corrected chi connectivity index (χ1v) is 6.76. The summed E-state index contributed by atoms with van der Waals surface area (Å²) in [5, 5.41) is 0. The van der Waals surface area contributed by atoms with Crippen molar-refractivity contribution in [3.63, 3.8) is 0 Å². The van der Waals surface area contributed by atoms with Crippen LogP contribution in [0.1, 0.15) is 60.8 Å². The molecule has 0 aromatic rings. The molecule has 0 aromatic heterocycles. The molecule has 2 N–H and O–H groups in total. The van der Waals surface area contributed by atoms with E-state index in [1.807, 2.05) is 0 Å². The molecule has 2 nitrogen and oxygen atoms in total. The second-order valence-corrected chi connectivity index (χ2v) is 6.44. The van der Waals surface area contributed by atoms with Crippen LogP contribution in [-0.4, -0.2) is 30.1 Å². The molecule has 98 valence electrons. The predicted octanol–water partition coefficient (Wildman–Crippen LogP) is 3.26. The molecule has 16 heavy (non-hydrogen) atoms. The molecule has 1 unspecified atom stereocenters. The Balaban J connectivity index is 3.91. The second kappa shape index (κ2) is 7.29. The van der Waals surface area contributed by atoms with Crippen LogP contribution in [0.5, 0.6) is 0 Å². The first-order chi connectivity index (χ1) is 7.26. The molecule has 0 saturated heterocycles. The van der Waals surface area contributed by atoms with E-state index >= 15 is 0 Å². The zero-order valence-electron chi connectivity index (χ0n) is 12.2. The van der Waals surface area contributed by atoms with E-state index in [1.165, 1.54) is 13.0 Å². The molecule has 0 fully saturated rings. The maximum atomic E-state index is 6.18. The Morgan fingerprint density at radius 3 is 2.06 bits per heavy atom. The average Bonchev–Trinajstić information content (AvgIpc) is 2.08. The number of hydrogen-bond donors (Lipinski definition) is 1. The van der Waals surface area contributed by atoms with Gasteiger partial charge in [-0.3, -0.25) is 0 Å². The van der Waals surface area contributed by atoms with E-state index < -0.39 is 0 Å². The number of rotatable bonds is 7. The van der Waals surface area contributed by atoms with E-state index in [2.05, 4.69) is 46.4 Å². The van der Waals surface area contributed by atoms with Gasteiger partial charge in [-0.15, -0.1) is 0 Å². The van der Waals surface area contributed by atoms with Crippen molar-refractivity contribution in [2.45, 2.75) is 72.9 Å². The third-order valence-corrected chi connectivity index (χ3v) is 2.90. The lowest BCUT2D eigenvalue weighted by molar-refractivity contribution is 0.206. The van der Waals surface area contributed by atoms with Crippen LogP contribution in [0.3, 0.4) is 0 Å². The van der Waals surface area contributed by atoms with E-state index in [-0.39, 0.29) is 0 Å². The maximum absolute atomic E-state index is 6.18. The van der Waals surface area contributed by atoms with Crippen molar-refractivity contribution in [1.29, 1.82) is 0 Å². The highest BCUT2D eigenvalue weighted by atomic mass is 15.1. The second-order valence-electron chi connectivity index (χ2n) is 6.44. The van der Waals surface area contributed by atoms with Crippen molar-refractivity contribution in [3.05, 3.63) is 0 Å². The van der Waals surface area contributed by atoms with Crippen molar-refractivity contribution in [2.24, 2.45) is 11.1 Å². The molecule has 0 bridgehead atoms. The normalized spacial score (nSPS) is 14.8. The lowest BCUT2D eigenvalue weighted by Gasteiger charge is -2.29. The van der Waals surface area contributed by atoms with E-state index in [0.29, 0.717) is 17.5 Å². The minimum Gasteiger partial charge on any atom is -0.328 e. The van der Waals surface area contributed by atoms with Crippen LogP contribution in [0.4, 0.5) is 0 Å².